The molecule has 0 saturated carbocycles. The van der Waals surface area contributed by atoms with Crippen molar-refractivity contribution in [1.82, 2.24) is 0 Å². The van der Waals surface area contributed by atoms with Gasteiger partial charge in [-0.15, -0.1) is 0 Å². The van der Waals surface area contributed by atoms with Gasteiger partial charge in [-0.1, -0.05) is 0 Å². The van der Waals surface area contributed by atoms with Crippen LogP contribution in [0.1, 0.15) is 62.3 Å². The average molecular weight is 327 g/mol. The van der Waals surface area contributed by atoms with Crippen molar-refractivity contribution in [2.75, 3.05) is 7.05 Å². The van der Waals surface area contributed by atoms with E-state index in [0.29, 0.717) is 0 Å². The van der Waals surface area contributed by atoms with Crippen molar-refractivity contribution >= 4 is 0 Å². The molecular formula is C13H30IN. The monoisotopic (exact) mass is 327 g/mol. The maximum absolute atomic E-state index is 2.38. The van der Waals surface area contributed by atoms with Crippen LogP contribution in [-0.2, 0) is 0 Å². The molecule has 0 bridgehead atoms. The van der Waals surface area contributed by atoms with Gasteiger partial charge in [0.25, 0.3) is 0 Å². The zero-order chi connectivity index (χ0) is 12.0. The van der Waals surface area contributed by atoms with Gasteiger partial charge in [0.15, 0.2) is 0 Å². The van der Waals surface area contributed by atoms with E-state index in [-0.39, 0.29) is 40.6 Å². The van der Waals surface area contributed by atoms with Crippen molar-refractivity contribution in [1.29, 1.82) is 0 Å². The Labute approximate surface area is 114 Å². The van der Waals surface area contributed by atoms with E-state index in [9.17, 15) is 0 Å². The first-order valence-electron chi connectivity index (χ1n) is 5.62. The van der Waals surface area contributed by atoms with E-state index in [1.165, 1.54) is 0 Å². The van der Waals surface area contributed by atoms with Crippen LogP contribution in [0.5, 0.6) is 0 Å². The highest BCUT2D eigenvalue weighted by atomic mass is 127. The van der Waals surface area contributed by atoms with Crippen molar-refractivity contribution in [3.05, 3.63) is 0 Å². The summed E-state index contributed by atoms with van der Waals surface area (Å²) in [5.74, 6) is 0. The van der Waals surface area contributed by atoms with Crippen LogP contribution in [0.2, 0.25) is 0 Å². The van der Waals surface area contributed by atoms with Gasteiger partial charge in [0.1, 0.15) is 0 Å². The van der Waals surface area contributed by atoms with Crippen molar-refractivity contribution in [3.63, 3.8) is 0 Å². The molecule has 15 heavy (non-hydrogen) atoms. The third-order valence-corrected chi connectivity index (χ3v) is 4.02. The largest absolute Gasteiger partial charge is 1.00 e. The zero-order valence-corrected chi connectivity index (χ0v) is 14.5. The maximum Gasteiger partial charge on any atom is 0.0912 e. The molecule has 2 heteroatoms. The Hall–Kier alpha value is 0.690. The molecule has 0 aliphatic carbocycles. The van der Waals surface area contributed by atoms with Crippen LogP contribution in [0.3, 0.4) is 0 Å². The summed E-state index contributed by atoms with van der Waals surface area (Å²) in [4.78, 5) is 0. The van der Waals surface area contributed by atoms with Crippen LogP contribution in [0.4, 0.5) is 0 Å². The fraction of sp³-hybridized carbons (Fsp3) is 1.00. The van der Waals surface area contributed by atoms with Crippen molar-refractivity contribution < 1.29 is 28.5 Å². The van der Waals surface area contributed by atoms with Gasteiger partial charge in [0, 0.05) is 0 Å². The van der Waals surface area contributed by atoms with Gasteiger partial charge in [-0.05, 0) is 62.3 Å². The summed E-state index contributed by atoms with van der Waals surface area (Å²) in [6.07, 6.45) is 0. The fourth-order valence-corrected chi connectivity index (χ4v) is 3.02. The Morgan fingerprint density at radius 1 is 0.533 bits per heavy atom. The van der Waals surface area contributed by atoms with Gasteiger partial charge in [0.05, 0.1) is 23.7 Å². The van der Waals surface area contributed by atoms with Gasteiger partial charge in [0.2, 0.25) is 0 Å². The molecule has 0 aromatic carbocycles. The van der Waals surface area contributed by atoms with E-state index < -0.39 is 0 Å². The van der Waals surface area contributed by atoms with Crippen LogP contribution in [0, 0.1) is 0 Å². The van der Waals surface area contributed by atoms with Gasteiger partial charge in [-0.25, -0.2) is 0 Å². The SMILES string of the molecule is CC(C)(C)[N+](C)(C(C)(C)C)C(C)(C)C.[I-]. The van der Waals surface area contributed by atoms with Gasteiger partial charge >= 0.3 is 0 Å². The molecule has 0 unspecified atom stereocenters. The van der Waals surface area contributed by atoms with Crippen LogP contribution in [0.25, 0.3) is 0 Å². The summed E-state index contributed by atoms with van der Waals surface area (Å²) in [7, 11) is 2.38. The number of nitrogens with zero attached hydrogens (tertiary/aromatic N) is 1. The minimum Gasteiger partial charge on any atom is -1.00 e. The lowest BCUT2D eigenvalue weighted by molar-refractivity contribution is -1.03. The summed E-state index contributed by atoms with van der Waals surface area (Å²) in [6, 6.07) is 0. The number of halogens is 1. The first-order valence-corrected chi connectivity index (χ1v) is 5.62. The van der Waals surface area contributed by atoms with Crippen molar-refractivity contribution in [2.45, 2.75) is 78.9 Å². The summed E-state index contributed by atoms with van der Waals surface area (Å²) in [5, 5.41) is 0. The zero-order valence-electron chi connectivity index (χ0n) is 12.3. The second kappa shape index (κ2) is 4.52. The Kier molecular flexibility index (Phi) is 5.44. The molecule has 94 valence electrons. The standard InChI is InChI=1S/C13H30N.HI/c1-11(2,3)14(10,12(4,5)6)13(7,8)9;/h1-10H3;1H/q+1;/p-1. The summed E-state index contributed by atoms with van der Waals surface area (Å²) in [6.45, 7) is 21.0. The highest BCUT2D eigenvalue weighted by molar-refractivity contribution is 4.80. The average Bonchev–Trinajstić information content (AvgIpc) is 1.77. The second-order valence-electron chi connectivity index (χ2n) is 7.52. The molecular weight excluding hydrogens is 297 g/mol. The summed E-state index contributed by atoms with van der Waals surface area (Å²) >= 11 is 0. The first kappa shape index (κ1) is 18.1. The van der Waals surface area contributed by atoms with E-state index >= 15 is 0 Å². The van der Waals surface area contributed by atoms with E-state index in [4.69, 9.17) is 0 Å². The first-order chi connectivity index (χ1) is 5.75. The molecule has 1 nitrogen and oxygen atoms in total. The minimum atomic E-state index is 0. The van der Waals surface area contributed by atoms with Crippen LogP contribution in [0.15, 0.2) is 0 Å². The molecule has 0 N–H and O–H groups in total. The van der Waals surface area contributed by atoms with Crippen LogP contribution >= 0.6 is 0 Å². The quantitative estimate of drug-likeness (QED) is 0.457. The van der Waals surface area contributed by atoms with Gasteiger partial charge in [-0.2, -0.15) is 0 Å². The van der Waals surface area contributed by atoms with E-state index in [2.05, 4.69) is 69.4 Å². The number of rotatable bonds is 0. The van der Waals surface area contributed by atoms with Gasteiger partial charge in [-0.3, -0.25) is 0 Å². The summed E-state index contributed by atoms with van der Waals surface area (Å²) < 4.78 is 1.06. The number of quaternary nitrogens is 1. The molecule has 0 aliphatic rings. The lowest BCUT2D eigenvalue weighted by Gasteiger charge is -2.61. The normalized spacial score (nSPS) is 14.8. The maximum atomic E-state index is 2.38. The molecule has 0 atom stereocenters. The second-order valence-corrected chi connectivity index (χ2v) is 7.52. The van der Waals surface area contributed by atoms with Gasteiger partial charge < -0.3 is 28.5 Å². The van der Waals surface area contributed by atoms with E-state index in [1.807, 2.05) is 0 Å². The lowest BCUT2D eigenvalue weighted by atomic mass is 9.83. The van der Waals surface area contributed by atoms with Crippen molar-refractivity contribution in [3.8, 4) is 0 Å². The Bertz CT molecular complexity index is 164. The van der Waals surface area contributed by atoms with Crippen LogP contribution in [-0.4, -0.2) is 28.1 Å². The Balaban J connectivity index is 0. The van der Waals surface area contributed by atoms with E-state index in [0.717, 1.165) is 4.48 Å². The fourth-order valence-electron chi connectivity index (χ4n) is 3.02. The smallest absolute Gasteiger partial charge is 0.0912 e. The molecule has 0 amide bonds. The predicted octanol–water partition coefficient (Wildman–Crippen LogP) is 0.833. The lowest BCUT2D eigenvalue weighted by Crippen LogP contribution is -3.00. The minimum absolute atomic E-state index is 0. The highest BCUT2D eigenvalue weighted by Crippen LogP contribution is 2.41. The number of hydrogen-bond acceptors (Lipinski definition) is 0. The molecule has 0 rings (SSSR count). The van der Waals surface area contributed by atoms with E-state index in [1.54, 1.807) is 0 Å². The Morgan fingerprint density at radius 2 is 0.667 bits per heavy atom. The highest BCUT2D eigenvalue weighted by Gasteiger charge is 2.52. The molecule has 0 fully saturated rings. The molecule has 0 aliphatic heterocycles. The van der Waals surface area contributed by atoms with Crippen LogP contribution < -0.4 is 24.0 Å². The summed E-state index contributed by atoms with van der Waals surface area (Å²) in [5.41, 5.74) is 0.781. The Morgan fingerprint density at radius 3 is 0.667 bits per heavy atom. The molecule has 0 radical (unpaired) electrons. The third kappa shape index (κ3) is 3.09. The molecule has 0 aromatic heterocycles. The molecule has 0 spiro atoms. The predicted molar refractivity (Wildman–Crippen MR) is 65.4 cm³/mol. The topological polar surface area (TPSA) is 0 Å². The third-order valence-electron chi connectivity index (χ3n) is 4.02. The van der Waals surface area contributed by atoms with Crippen molar-refractivity contribution in [2.24, 2.45) is 0 Å². The molecule has 0 saturated heterocycles. The molecule has 0 heterocycles. The number of hydrogen-bond donors (Lipinski definition) is 0. The molecule has 0 aromatic rings.